The second kappa shape index (κ2) is 9.94. The average Bonchev–Trinajstić information content (AvgIpc) is 3.64. The van der Waals surface area contributed by atoms with E-state index in [1.165, 1.54) is 12.1 Å². The number of nitrogens with zero attached hydrogens (tertiary/aromatic N) is 2. The number of ether oxygens (including phenoxy) is 1. The molecule has 0 spiro atoms. The van der Waals surface area contributed by atoms with Crippen LogP contribution in [0, 0.1) is 11.7 Å². The van der Waals surface area contributed by atoms with Crippen LogP contribution in [-0.2, 0) is 16.1 Å². The number of rotatable bonds is 8. The number of piperidine rings is 1. The van der Waals surface area contributed by atoms with Crippen LogP contribution in [0.15, 0.2) is 54.6 Å². The van der Waals surface area contributed by atoms with Crippen molar-refractivity contribution in [3.8, 4) is 5.75 Å². The van der Waals surface area contributed by atoms with Crippen LogP contribution in [0.4, 0.5) is 4.39 Å². The zero-order valence-electron chi connectivity index (χ0n) is 17.7. The lowest BCUT2D eigenvalue weighted by atomic mass is 9.94. The van der Waals surface area contributed by atoms with Gasteiger partial charge in [-0.15, -0.1) is 0 Å². The monoisotopic (exact) mass is 424 g/mol. The standard InChI is InChI=1S/C25H29FN2O3/c26-21-8-6-19(7-9-21)18-28(22-10-11-22)25(30)20-12-15-27(16-13-20)24(29)14-17-31-23-4-2-1-3-5-23/h1-9,20,22H,10-18H2. The van der Waals surface area contributed by atoms with E-state index in [-0.39, 0.29) is 23.5 Å². The third kappa shape index (κ3) is 5.84. The highest BCUT2D eigenvalue weighted by Crippen LogP contribution is 2.32. The maximum atomic E-state index is 13.2. The van der Waals surface area contributed by atoms with E-state index in [0.717, 1.165) is 24.2 Å². The third-order valence-corrected chi connectivity index (χ3v) is 6.06. The molecule has 164 valence electrons. The minimum absolute atomic E-state index is 0.0503. The second-order valence-electron chi connectivity index (χ2n) is 8.39. The highest BCUT2D eigenvalue weighted by Gasteiger charge is 2.37. The molecule has 2 aliphatic rings. The Balaban J connectivity index is 1.24. The Morgan fingerprint density at radius 1 is 0.968 bits per heavy atom. The van der Waals surface area contributed by atoms with Gasteiger partial charge in [-0.05, 0) is 55.5 Å². The maximum Gasteiger partial charge on any atom is 0.226 e. The Morgan fingerprint density at radius 3 is 2.29 bits per heavy atom. The molecule has 2 amide bonds. The van der Waals surface area contributed by atoms with Gasteiger partial charge in [0.25, 0.3) is 0 Å². The smallest absolute Gasteiger partial charge is 0.226 e. The molecule has 1 aliphatic heterocycles. The number of amides is 2. The Bertz CT molecular complexity index is 875. The molecular formula is C25H29FN2O3. The molecule has 0 N–H and O–H groups in total. The van der Waals surface area contributed by atoms with Crippen molar-refractivity contribution in [2.24, 2.45) is 5.92 Å². The van der Waals surface area contributed by atoms with Crippen LogP contribution in [0.1, 0.15) is 37.7 Å². The van der Waals surface area contributed by atoms with Gasteiger partial charge in [0.2, 0.25) is 11.8 Å². The summed E-state index contributed by atoms with van der Waals surface area (Å²) in [4.78, 5) is 29.5. The predicted molar refractivity (Wildman–Crippen MR) is 116 cm³/mol. The van der Waals surface area contributed by atoms with Crippen LogP contribution in [0.25, 0.3) is 0 Å². The van der Waals surface area contributed by atoms with Crippen molar-refractivity contribution >= 4 is 11.8 Å². The number of hydrogen-bond donors (Lipinski definition) is 0. The molecule has 0 atom stereocenters. The molecule has 5 nitrogen and oxygen atoms in total. The van der Waals surface area contributed by atoms with Crippen molar-refractivity contribution < 1.29 is 18.7 Å². The quantitative estimate of drug-likeness (QED) is 0.643. The van der Waals surface area contributed by atoms with Gasteiger partial charge in [0.15, 0.2) is 0 Å². The molecule has 2 aromatic rings. The summed E-state index contributed by atoms with van der Waals surface area (Å²) < 4.78 is 18.8. The summed E-state index contributed by atoms with van der Waals surface area (Å²) >= 11 is 0. The van der Waals surface area contributed by atoms with Crippen LogP contribution in [0.2, 0.25) is 0 Å². The van der Waals surface area contributed by atoms with Gasteiger partial charge >= 0.3 is 0 Å². The molecule has 4 rings (SSSR count). The van der Waals surface area contributed by atoms with Crippen molar-refractivity contribution in [3.63, 3.8) is 0 Å². The number of benzene rings is 2. The summed E-state index contributed by atoms with van der Waals surface area (Å²) in [5.41, 5.74) is 0.952. The number of carbonyl (C=O) groups is 2. The third-order valence-electron chi connectivity index (χ3n) is 6.06. The van der Waals surface area contributed by atoms with Gasteiger partial charge in [-0.3, -0.25) is 9.59 Å². The molecule has 1 heterocycles. The molecule has 1 saturated heterocycles. The first-order chi connectivity index (χ1) is 15.1. The summed E-state index contributed by atoms with van der Waals surface area (Å²) in [7, 11) is 0. The Kier molecular flexibility index (Phi) is 6.85. The van der Waals surface area contributed by atoms with Gasteiger partial charge in [0, 0.05) is 31.6 Å². The molecule has 2 aromatic carbocycles. The largest absolute Gasteiger partial charge is 0.493 e. The summed E-state index contributed by atoms with van der Waals surface area (Å²) in [5, 5.41) is 0. The highest BCUT2D eigenvalue weighted by molar-refractivity contribution is 5.80. The molecule has 0 radical (unpaired) electrons. The van der Waals surface area contributed by atoms with Crippen molar-refractivity contribution in [3.05, 3.63) is 66.0 Å². The van der Waals surface area contributed by atoms with E-state index in [4.69, 9.17) is 4.74 Å². The molecule has 1 saturated carbocycles. The fourth-order valence-electron chi connectivity index (χ4n) is 4.10. The van der Waals surface area contributed by atoms with Crippen LogP contribution in [-0.4, -0.2) is 47.4 Å². The first kappa shape index (κ1) is 21.3. The lowest BCUT2D eigenvalue weighted by Crippen LogP contribution is -2.45. The topological polar surface area (TPSA) is 49.9 Å². The maximum absolute atomic E-state index is 13.2. The number of para-hydroxylation sites is 1. The van der Waals surface area contributed by atoms with Gasteiger partial charge < -0.3 is 14.5 Å². The first-order valence-corrected chi connectivity index (χ1v) is 11.1. The van der Waals surface area contributed by atoms with E-state index < -0.39 is 0 Å². The van der Waals surface area contributed by atoms with E-state index in [0.29, 0.717) is 51.5 Å². The summed E-state index contributed by atoms with van der Waals surface area (Å²) in [6.07, 6.45) is 3.79. The Hall–Kier alpha value is -2.89. The molecule has 6 heteroatoms. The lowest BCUT2D eigenvalue weighted by Gasteiger charge is -2.34. The molecule has 31 heavy (non-hydrogen) atoms. The highest BCUT2D eigenvalue weighted by atomic mass is 19.1. The van der Waals surface area contributed by atoms with Gasteiger partial charge in [0.05, 0.1) is 13.0 Å². The number of hydrogen-bond acceptors (Lipinski definition) is 3. The fourth-order valence-corrected chi connectivity index (χ4v) is 4.10. The van der Waals surface area contributed by atoms with E-state index in [9.17, 15) is 14.0 Å². The Morgan fingerprint density at radius 2 is 1.65 bits per heavy atom. The first-order valence-electron chi connectivity index (χ1n) is 11.1. The molecule has 0 bridgehead atoms. The predicted octanol–water partition coefficient (Wildman–Crippen LogP) is 4.02. The van der Waals surface area contributed by atoms with Gasteiger partial charge in [-0.2, -0.15) is 0 Å². The molecular weight excluding hydrogens is 395 g/mol. The summed E-state index contributed by atoms with van der Waals surface area (Å²) in [6, 6.07) is 16.2. The SMILES string of the molecule is O=C(CCOc1ccccc1)N1CCC(C(=O)N(Cc2ccc(F)cc2)C2CC2)CC1. The fraction of sp³-hybridized carbons (Fsp3) is 0.440. The van der Waals surface area contributed by atoms with Gasteiger partial charge in [0.1, 0.15) is 11.6 Å². The summed E-state index contributed by atoms with van der Waals surface area (Å²) in [5.74, 6) is 0.698. The van der Waals surface area contributed by atoms with Crippen molar-refractivity contribution in [2.45, 2.75) is 44.7 Å². The summed E-state index contributed by atoms with van der Waals surface area (Å²) in [6.45, 7) is 2.10. The second-order valence-corrected chi connectivity index (χ2v) is 8.39. The number of halogens is 1. The number of carbonyl (C=O) groups excluding carboxylic acids is 2. The van der Waals surface area contributed by atoms with Gasteiger partial charge in [-0.25, -0.2) is 4.39 Å². The van der Waals surface area contributed by atoms with Crippen LogP contribution >= 0.6 is 0 Å². The minimum atomic E-state index is -0.265. The normalized spacial score (nSPS) is 16.7. The molecule has 2 fully saturated rings. The van der Waals surface area contributed by atoms with Gasteiger partial charge in [-0.1, -0.05) is 30.3 Å². The van der Waals surface area contributed by atoms with Crippen molar-refractivity contribution in [1.82, 2.24) is 9.80 Å². The average molecular weight is 425 g/mol. The Labute approximate surface area is 182 Å². The molecule has 1 aliphatic carbocycles. The van der Waals surface area contributed by atoms with E-state index in [1.807, 2.05) is 40.1 Å². The van der Waals surface area contributed by atoms with E-state index in [1.54, 1.807) is 12.1 Å². The zero-order chi connectivity index (χ0) is 21.6. The van der Waals surface area contributed by atoms with Crippen molar-refractivity contribution in [1.29, 1.82) is 0 Å². The van der Waals surface area contributed by atoms with Crippen molar-refractivity contribution in [2.75, 3.05) is 19.7 Å². The molecule has 0 unspecified atom stereocenters. The van der Waals surface area contributed by atoms with Crippen LogP contribution < -0.4 is 4.74 Å². The van der Waals surface area contributed by atoms with Crippen LogP contribution in [0.3, 0.4) is 0 Å². The van der Waals surface area contributed by atoms with E-state index in [2.05, 4.69) is 0 Å². The number of likely N-dealkylation sites (tertiary alicyclic amines) is 1. The minimum Gasteiger partial charge on any atom is -0.493 e. The molecule has 0 aromatic heterocycles. The van der Waals surface area contributed by atoms with Crippen LogP contribution in [0.5, 0.6) is 5.75 Å². The zero-order valence-corrected chi connectivity index (χ0v) is 17.7. The van der Waals surface area contributed by atoms with E-state index >= 15 is 0 Å². The lowest BCUT2D eigenvalue weighted by molar-refractivity contribution is -0.141.